The van der Waals surface area contributed by atoms with Crippen molar-refractivity contribution in [3.05, 3.63) is 30.1 Å². The number of aromatic amines is 1. The minimum absolute atomic E-state index is 0.00253. The number of carboxylic acid groups (broad SMARTS) is 1. The molecule has 0 unspecified atom stereocenters. The molecule has 4 atom stereocenters. The summed E-state index contributed by atoms with van der Waals surface area (Å²) in [5.74, 6) is 2.54. The van der Waals surface area contributed by atoms with E-state index in [2.05, 4.69) is 27.3 Å². The minimum Gasteiger partial charge on any atom is -0.483 e. The zero-order valence-electron chi connectivity index (χ0n) is 17.6. The number of H-pyrrole nitrogens is 1. The lowest BCUT2D eigenvalue weighted by Crippen LogP contribution is -2.44. The first kappa shape index (κ1) is 20.5. The van der Waals surface area contributed by atoms with Crippen LogP contribution < -0.4 is 5.32 Å². The highest BCUT2D eigenvalue weighted by Gasteiger charge is 2.62. The first-order valence-corrected chi connectivity index (χ1v) is 11.3. The van der Waals surface area contributed by atoms with Gasteiger partial charge in [-0.25, -0.2) is 4.98 Å². The van der Waals surface area contributed by atoms with E-state index in [9.17, 15) is 4.79 Å². The van der Waals surface area contributed by atoms with Gasteiger partial charge in [0.1, 0.15) is 5.82 Å². The number of ether oxygens (including phenoxy) is 1. The Morgan fingerprint density at radius 2 is 2.16 bits per heavy atom. The molecule has 8 nitrogen and oxygen atoms in total. The summed E-state index contributed by atoms with van der Waals surface area (Å²) >= 11 is 0. The van der Waals surface area contributed by atoms with E-state index in [0.29, 0.717) is 17.9 Å². The van der Waals surface area contributed by atoms with Crippen LogP contribution >= 0.6 is 0 Å². The number of amides is 1. The molecule has 1 spiro atoms. The minimum atomic E-state index is -0.250. The van der Waals surface area contributed by atoms with E-state index in [0.717, 1.165) is 68.7 Å². The standard InChI is InChI=1S/C22H28N4O2.CH2O2/c27-21(14-4-3-5-14)23-10-15-16-11-26(13-22(16)9-8-19(15)28-22)12-20-24-17-6-1-2-7-18(17)25-20;2-1-3/h1-2,6-7,14-16,19H,3-5,8-13H2,(H,23,27)(H,24,25);1H,(H,2,3)/t15-,16+,19+,22+;/m0./s1. The van der Waals surface area contributed by atoms with Crippen molar-refractivity contribution in [3.8, 4) is 0 Å². The first-order chi connectivity index (χ1) is 15.1. The Morgan fingerprint density at radius 3 is 2.90 bits per heavy atom. The van der Waals surface area contributed by atoms with Crippen LogP contribution in [0.5, 0.6) is 0 Å². The lowest BCUT2D eigenvalue weighted by molar-refractivity contribution is -0.127. The monoisotopic (exact) mass is 426 g/mol. The summed E-state index contributed by atoms with van der Waals surface area (Å²) in [7, 11) is 0. The smallest absolute Gasteiger partial charge is 0.290 e. The summed E-state index contributed by atoms with van der Waals surface area (Å²) in [6.45, 7) is 3.39. The van der Waals surface area contributed by atoms with Gasteiger partial charge in [0.05, 0.1) is 29.3 Å². The van der Waals surface area contributed by atoms with Gasteiger partial charge >= 0.3 is 0 Å². The maximum atomic E-state index is 12.3. The highest BCUT2D eigenvalue weighted by atomic mass is 16.5. The molecule has 166 valence electrons. The van der Waals surface area contributed by atoms with Crippen molar-refractivity contribution < 1.29 is 19.4 Å². The number of hydrogen-bond donors (Lipinski definition) is 3. The van der Waals surface area contributed by atoms with Crippen LogP contribution in [0.2, 0.25) is 0 Å². The lowest BCUT2D eigenvalue weighted by atomic mass is 9.73. The number of rotatable bonds is 5. The number of nitrogens with zero attached hydrogens (tertiary/aromatic N) is 2. The number of likely N-dealkylation sites (tertiary alicyclic amines) is 1. The molecular weight excluding hydrogens is 396 g/mol. The molecule has 3 N–H and O–H groups in total. The van der Waals surface area contributed by atoms with Crippen molar-refractivity contribution in [2.45, 2.75) is 50.4 Å². The molecule has 3 saturated heterocycles. The zero-order valence-corrected chi connectivity index (χ0v) is 17.6. The van der Waals surface area contributed by atoms with E-state index in [-0.39, 0.29) is 23.9 Å². The van der Waals surface area contributed by atoms with Gasteiger partial charge in [0, 0.05) is 37.4 Å². The molecule has 6 rings (SSSR count). The van der Waals surface area contributed by atoms with Gasteiger partial charge in [0.2, 0.25) is 5.91 Å². The number of benzene rings is 1. The molecule has 4 aliphatic rings. The number of para-hydroxylation sites is 2. The van der Waals surface area contributed by atoms with Crippen molar-refractivity contribution in [2.24, 2.45) is 17.8 Å². The van der Waals surface area contributed by atoms with Crippen molar-refractivity contribution in [1.82, 2.24) is 20.2 Å². The third-order valence-electron chi connectivity index (χ3n) is 7.65. The molecule has 2 bridgehead atoms. The van der Waals surface area contributed by atoms with E-state index < -0.39 is 0 Å². The Morgan fingerprint density at radius 1 is 1.35 bits per heavy atom. The average molecular weight is 427 g/mol. The van der Waals surface area contributed by atoms with Gasteiger partial charge < -0.3 is 20.1 Å². The predicted octanol–water partition coefficient (Wildman–Crippen LogP) is 2.16. The third kappa shape index (κ3) is 3.72. The van der Waals surface area contributed by atoms with Gasteiger partial charge in [0.25, 0.3) is 6.47 Å². The Kier molecular flexibility index (Phi) is 5.44. The fraction of sp³-hybridized carbons (Fsp3) is 0.609. The SMILES string of the molecule is O=C(NC[C@H]1[C@H]2CN(Cc3nc4ccccc4[nH]3)C[C@]23CC[C@H]1O3)C1CCC1.O=CO. The summed E-state index contributed by atoms with van der Waals surface area (Å²) in [4.78, 5) is 31.3. The first-order valence-electron chi connectivity index (χ1n) is 11.3. The van der Waals surface area contributed by atoms with Crippen LogP contribution in [0.25, 0.3) is 11.0 Å². The Bertz CT molecular complexity index is 925. The van der Waals surface area contributed by atoms with Crippen molar-refractivity contribution >= 4 is 23.4 Å². The summed E-state index contributed by atoms with van der Waals surface area (Å²) in [5, 5.41) is 10.1. The molecular formula is C23H30N4O4. The largest absolute Gasteiger partial charge is 0.483 e. The molecule has 31 heavy (non-hydrogen) atoms. The van der Waals surface area contributed by atoms with Crippen LogP contribution in [-0.2, 0) is 20.9 Å². The molecule has 2 aromatic rings. The van der Waals surface area contributed by atoms with E-state index in [1.807, 2.05) is 12.1 Å². The van der Waals surface area contributed by atoms with E-state index >= 15 is 0 Å². The lowest BCUT2D eigenvalue weighted by Gasteiger charge is -2.31. The summed E-state index contributed by atoms with van der Waals surface area (Å²) in [6, 6.07) is 8.20. The van der Waals surface area contributed by atoms with Crippen LogP contribution in [0, 0.1) is 17.8 Å². The van der Waals surface area contributed by atoms with Crippen molar-refractivity contribution in [1.29, 1.82) is 0 Å². The quantitative estimate of drug-likeness (QED) is 0.633. The number of carbonyl (C=O) groups excluding carboxylic acids is 1. The Hall–Kier alpha value is -2.45. The fourth-order valence-electron chi connectivity index (χ4n) is 6.01. The Labute approximate surface area is 181 Å². The van der Waals surface area contributed by atoms with Gasteiger partial charge in [-0.3, -0.25) is 14.5 Å². The number of nitrogens with one attached hydrogen (secondary N) is 2. The molecule has 1 aromatic heterocycles. The third-order valence-corrected chi connectivity index (χ3v) is 7.65. The van der Waals surface area contributed by atoms with Crippen LogP contribution in [0.15, 0.2) is 24.3 Å². The molecule has 4 fully saturated rings. The van der Waals surface area contributed by atoms with Crippen LogP contribution in [0.3, 0.4) is 0 Å². The number of carbonyl (C=O) groups is 2. The van der Waals surface area contributed by atoms with E-state index in [4.69, 9.17) is 19.6 Å². The maximum absolute atomic E-state index is 12.3. The second-order valence-corrected chi connectivity index (χ2v) is 9.38. The van der Waals surface area contributed by atoms with Crippen molar-refractivity contribution in [3.63, 3.8) is 0 Å². The van der Waals surface area contributed by atoms with Crippen molar-refractivity contribution in [2.75, 3.05) is 19.6 Å². The van der Waals surface area contributed by atoms with Crippen LogP contribution in [-0.4, -0.2) is 63.7 Å². The molecule has 8 heteroatoms. The second-order valence-electron chi connectivity index (χ2n) is 9.38. The highest BCUT2D eigenvalue weighted by Crippen LogP contribution is 2.54. The number of aromatic nitrogens is 2. The Balaban J connectivity index is 0.000000646. The molecule has 1 amide bonds. The van der Waals surface area contributed by atoms with Gasteiger partial charge in [-0.2, -0.15) is 0 Å². The van der Waals surface area contributed by atoms with Gasteiger partial charge in [0.15, 0.2) is 0 Å². The number of fused-ring (bicyclic) bond motifs is 2. The number of hydrogen-bond acceptors (Lipinski definition) is 5. The molecule has 4 heterocycles. The van der Waals surface area contributed by atoms with Crippen LogP contribution in [0.1, 0.15) is 37.9 Å². The highest BCUT2D eigenvalue weighted by molar-refractivity contribution is 5.79. The van der Waals surface area contributed by atoms with Gasteiger partial charge in [-0.05, 0) is 37.8 Å². The summed E-state index contributed by atoms with van der Waals surface area (Å²) in [6.07, 6.45) is 5.96. The summed E-state index contributed by atoms with van der Waals surface area (Å²) in [5.41, 5.74) is 2.13. The molecule has 0 radical (unpaired) electrons. The van der Waals surface area contributed by atoms with Gasteiger partial charge in [-0.15, -0.1) is 0 Å². The van der Waals surface area contributed by atoms with Crippen LogP contribution in [0.4, 0.5) is 0 Å². The topological polar surface area (TPSA) is 108 Å². The van der Waals surface area contributed by atoms with Gasteiger partial charge in [-0.1, -0.05) is 18.6 Å². The van der Waals surface area contributed by atoms with E-state index in [1.165, 1.54) is 6.42 Å². The fourth-order valence-corrected chi connectivity index (χ4v) is 6.01. The zero-order chi connectivity index (χ0) is 21.4. The maximum Gasteiger partial charge on any atom is 0.290 e. The predicted molar refractivity (Wildman–Crippen MR) is 114 cm³/mol. The molecule has 1 aliphatic carbocycles. The summed E-state index contributed by atoms with van der Waals surface area (Å²) < 4.78 is 6.53. The van der Waals surface area contributed by atoms with E-state index in [1.54, 1.807) is 0 Å². The molecule has 1 aromatic carbocycles. The second kappa shape index (κ2) is 8.24. The number of imidazole rings is 1. The average Bonchev–Trinajstić information content (AvgIpc) is 3.43. The molecule has 3 aliphatic heterocycles. The molecule has 1 saturated carbocycles. The normalized spacial score (nSPS) is 31.7.